The van der Waals surface area contributed by atoms with Crippen LogP contribution in [0.15, 0.2) is 46.9 Å². The first-order valence-corrected chi connectivity index (χ1v) is 8.13. The summed E-state index contributed by atoms with van der Waals surface area (Å²) in [5.41, 5.74) is 5.17. The van der Waals surface area contributed by atoms with Gasteiger partial charge in [-0.3, -0.25) is 10.6 Å². The fourth-order valence-electron chi connectivity index (χ4n) is 2.96. The standard InChI is InChI=1S/C19H21N3O/c1-12-3-5-14(6-4-12)19-22-16-9-15(7-8-17(16)23-19)18-20-10-13(2)11-21-18/h3-9,13,18,20-21H,10-11H2,1-2H3. The summed E-state index contributed by atoms with van der Waals surface area (Å²) in [6.45, 7) is 6.38. The molecule has 118 valence electrons. The molecule has 1 fully saturated rings. The zero-order valence-electron chi connectivity index (χ0n) is 13.5. The van der Waals surface area contributed by atoms with E-state index in [-0.39, 0.29) is 6.17 Å². The van der Waals surface area contributed by atoms with Gasteiger partial charge in [-0.15, -0.1) is 0 Å². The second-order valence-corrected chi connectivity index (χ2v) is 6.47. The maximum Gasteiger partial charge on any atom is 0.227 e. The van der Waals surface area contributed by atoms with Gasteiger partial charge in [0, 0.05) is 18.7 Å². The van der Waals surface area contributed by atoms with Crippen molar-refractivity contribution >= 4 is 11.1 Å². The third-order valence-electron chi connectivity index (χ3n) is 4.38. The molecular weight excluding hydrogens is 286 g/mol. The predicted octanol–water partition coefficient (Wildman–Crippen LogP) is 3.63. The second kappa shape index (κ2) is 5.80. The molecule has 0 amide bonds. The number of aryl methyl sites for hydroxylation is 1. The van der Waals surface area contributed by atoms with Crippen LogP contribution >= 0.6 is 0 Å². The Morgan fingerprint density at radius 2 is 1.78 bits per heavy atom. The van der Waals surface area contributed by atoms with E-state index in [2.05, 4.69) is 53.7 Å². The minimum absolute atomic E-state index is 0.190. The number of nitrogens with one attached hydrogen (secondary N) is 2. The zero-order valence-corrected chi connectivity index (χ0v) is 13.5. The van der Waals surface area contributed by atoms with Crippen LogP contribution in [0.4, 0.5) is 0 Å². The average molecular weight is 307 g/mol. The highest BCUT2D eigenvalue weighted by Crippen LogP contribution is 2.26. The minimum atomic E-state index is 0.190. The molecule has 4 rings (SSSR count). The first kappa shape index (κ1) is 14.4. The summed E-state index contributed by atoms with van der Waals surface area (Å²) in [6.07, 6.45) is 0.190. The summed E-state index contributed by atoms with van der Waals surface area (Å²) in [6, 6.07) is 14.5. The molecule has 0 bridgehead atoms. The molecule has 2 heterocycles. The summed E-state index contributed by atoms with van der Waals surface area (Å²) in [5.74, 6) is 1.34. The first-order chi connectivity index (χ1) is 11.2. The number of oxazole rings is 1. The van der Waals surface area contributed by atoms with E-state index in [1.807, 2.05) is 18.2 Å². The van der Waals surface area contributed by atoms with Crippen LogP contribution < -0.4 is 10.6 Å². The Bertz CT molecular complexity index is 814. The van der Waals surface area contributed by atoms with E-state index in [9.17, 15) is 0 Å². The van der Waals surface area contributed by atoms with Gasteiger partial charge in [0.2, 0.25) is 5.89 Å². The minimum Gasteiger partial charge on any atom is -0.436 e. The number of aromatic nitrogens is 1. The normalized spacial score (nSPS) is 21.7. The maximum absolute atomic E-state index is 5.90. The van der Waals surface area contributed by atoms with Gasteiger partial charge >= 0.3 is 0 Å². The second-order valence-electron chi connectivity index (χ2n) is 6.47. The Morgan fingerprint density at radius 3 is 2.52 bits per heavy atom. The molecule has 0 radical (unpaired) electrons. The van der Waals surface area contributed by atoms with Gasteiger partial charge in [-0.25, -0.2) is 4.98 Å². The highest BCUT2D eigenvalue weighted by molar-refractivity contribution is 5.77. The van der Waals surface area contributed by atoms with Gasteiger partial charge in [0.15, 0.2) is 5.58 Å². The lowest BCUT2D eigenvalue weighted by Gasteiger charge is -2.29. The van der Waals surface area contributed by atoms with E-state index < -0.39 is 0 Å². The van der Waals surface area contributed by atoms with Gasteiger partial charge in [0.25, 0.3) is 0 Å². The SMILES string of the molecule is Cc1ccc(-c2nc3cc(C4NCC(C)CN4)ccc3o2)cc1. The largest absolute Gasteiger partial charge is 0.436 e. The number of nitrogens with zero attached hydrogens (tertiary/aromatic N) is 1. The van der Waals surface area contributed by atoms with Crippen LogP contribution in [-0.2, 0) is 0 Å². The van der Waals surface area contributed by atoms with Crippen molar-refractivity contribution < 1.29 is 4.42 Å². The van der Waals surface area contributed by atoms with Crippen LogP contribution in [0, 0.1) is 12.8 Å². The van der Waals surface area contributed by atoms with Crippen molar-refractivity contribution in [1.82, 2.24) is 15.6 Å². The fourth-order valence-corrected chi connectivity index (χ4v) is 2.96. The quantitative estimate of drug-likeness (QED) is 0.759. The van der Waals surface area contributed by atoms with Crippen LogP contribution in [-0.4, -0.2) is 18.1 Å². The van der Waals surface area contributed by atoms with Crippen molar-refractivity contribution in [3.8, 4) is 11.5 Å². The highest BCUT2D eigenvalue weighted by Gasteiger charge is 2.19. The third-order valence-corrected chi connectivity index (χ3v) is 4.38. The molecule has 23 heavy (non-hydrogen) atoms. The van der Waals surface area contributed by atoms with Gasteiger partial charge < -0.3 is 4.42 Å². The van der Waals surface area contributed by atoms with Gasteiger partial charge in [-0.05, 0) is 42.7 Å². The summed E-state index contributed by atoms with van der Waals surface area (Å²) in [7, 11) is 0. The molecule has 0 unspecified atom stereocenters. The molecule has 0 spiro atoms. The fraction of sp³-hybridized carbons (Fsp3) is 0.316. The van der Waals surface area contributed by atoms with Crippen LogP contribution in [0.5, 0.6) is 0 Å². The van der Waals surface area contributed by atoms with Crippen LogP contribution in [0.2, 0.25) is 0 Å². The number of hydrogen-bond acceptors (Lipinski definition) is 4. The average Bonchev–Trinajstić information content (AvgIpc) is 2.99. The van der Waals surface area contributed by atoms with E-state index >= 15 is 0 Å². The Labute approximate surface area is 135 Å². The lowest BCUT2D eigenvalue weighted by atomic mass is 10.1. The maximum atomic E-state index is 5.90. The van der Waals surface area contributed by atoms with Crippen molar-refractivity contribution in [3.63, 3.8) is 0 Å². The van der Waals surface area contributed by atoms with Crippen LogP contribution in [0.25, 0.3) is 22.6 Å². The molecule has 1 aromatic heterocycles. The Balaban J connectivity index is 1.65. The van der Waals surface area contributed by atoms with E-state index in [1.54, 1.807) is 0 Å². The van der Waals surface area contributed by atoms with Crippen molar-refractivity contribution in [2.45, 2.75) is 20.0 Å². The summed E-state index contributed by atoms with van der Waals surface area (Å²) in [5, 5.41) is 7.05. The van der Waals surface area contributed by atoms with Crippen molar-refractivity contribution in [1.29, 1.82) is 0 Å². The van der Waals surface area contributed by atoms with Crippen LogP contribution in [0.3, 0.4) is 0 Å². The van der Waals surface area contributed by atoms with E-state index in [4.69, 9.17) is 4.42 Å². The summed E-state index contributed by atoms with van der Waals surface area (Å²) >= 11 is 0. The van der Waals surface area contributed by atoms with E-state index in [1.165, 1.54) is 11.1 Å². The number of hydrogen-bond donors (Lipinski definition) is 2. The van der Waals surface area contributed by atoms with Crippen molar-refractivity contribution in [2.75, 3.05) is 13.1 Å². The van der Waals surface area contributed by atoms with E-state index in [0.29, 0.717) is 11.8 Å². The molecule has 3 aromatic rings. The van der Waals surface area contributed by atoms with Crippen molar-refractivity contribution in [3.05, 3.63) is 53.6 Å². The molecule has 4 nitrogen and oxygen atoms in total. The summed E-state index contributed by atoms with van der Waals surface area (Å²) in [4.78, 5) is 4.66. The lowest BCUT2D eigenvalue weighted by Crippen LogP contribution is -2.45. The van der Waals surface area contributed by atoms with E-state index in [0.717, 1.165) is 29.8 Å². The zero-order chi connectivity index (χ0) is 15.8. The molecule has 1 aliphatic heterocycles. The lowest BCUT2D eigenvalue weighted by molar-refractivity contribution is 0.314. The number of fused-ring (bicyclic) bond motifs is 1. The number of rotatable bonds is 2. The summed E-state index contributed by atoms with van der Waals surface area (Å²) < 4.78 is 5.90. The van der Waals surface area contributed by atoms with Gasteiger partial charge in [0.1, 0.15) is 5.52 Å². The molecule has 1 saturated heterocycles. The van der Waals surface area contributed by atoms with Crippen LogP contribution in [0.1, 0.15) is 24.2 Å². The van der Waals surface area contributed by atoms with Crippen molar-refractivity contribution in [2.24, 2.45) is 5.92 Å². The smallest absolute Gasteiger partial charge is 0.227 e. The Kier molecular flexibility index (Phi) is 3.63. The first-order valence-electron chi connectivity index (χ1n) is 8.13. The molecule has 4 heteroatoms. The van der Waals surface area contributed by atoms with Gasteiger partial charge in [0.05, 0.1) is 6.17 Å². The highest BCUT2D eigenvalue weighted by atomic mass is 16.3. The monoisotopic (exact) mass is 307 g/mol. The van der Waals surface area contributed by atoms with Gasteiger partial charge in [-0.1, -0.05) is 30.7 Å². The molecule has 0 saturated carbocycles. The Hall–Kier alpha value is -2.17. The molecule has 0 atom stereocenters. The molecule has 1 aliphatic rings. The molecular formula is C19H21N3O. The molecule has 0 aliphatic carbocycles. The van der Waals surface area contributed by atoms with Gasteiger partial charge in [-0.2, -0.15) is 0 Å². The number of benzene rings is 2. The Morgan fingerprint density at radius 1 is 1.04 bits per heavy atom. The molecule has 2 aromatic carbocycles. The third kappa shape index (κ3) is 2.87. The topological polar surface area (TPSA) is 50.1 Å². The molecule has 2 N–H and O–H groups in total. The predicted molar refractivity (Wildman–Crippen MR) is 92.1 cm³/mol.